The summed E-state index contributed by atoms with van der Waals surface area (Å²) in [7, 11) is -16.5. The van der Waals surface area contributed by atoms with Crippen molar-refractivity contribution in [1.82, 2.24) is 0 Å². The van der Waals surface area contributed by atoms with Gasteiger partial charge in [0.25, 0.3) is 0 Å². The van der Waals surface area contributed by atoms with Crippen molar-refractivity contribution in [3.8, 4) is 23.0 Å². The Morgan fingerprint density at radius 2 is 0.500 bits per heavy atom. The Labute approximate surface area is 737 Å². The monoisotopic (exact) mass is 1830 g/mol. The molecule has 16 atom stereocenters. The predicted molar refractivity (Wildman–Crippen MR) is 447 cm³/mol. The van der Waals surface area contributed by atoms with Gasteiger partial charge in [0.15, 0.2) is 53.0 Å². The van der Waals surface area contributed by atoms with Gasteiger partial charge < -0.3 is 47.0 Å². The predicted octanol–water partition coefficient (Wildman–Crippen LogP) is 21.0. The Morgan fingerprint density at radius 1 is 0.317 bits per heavy atom. The molecule has 16 bridgehead atoms. The van der Waals surface area contributed by atoms with Crippen LogP contribution in [0.2, 0.25) is 0 Å². The lowest BCUT2D eigenvalue weighted by atomic mass is 9.45. The third-order valence-electron chi connectivity index (χ3n) is 31.5. The molecule has 0 heterocycles. The molecule has 0 amide bonds. The average Bonchev–Trinajstić information content (AvgIpc) is 0.755. The van der Waals surface area contributed by atoms with Crippen molar-refractivity contribution in [2.24, 2.45) is 116 Å². The summed E-state index contributed by atoms with van der Waals surface area (Å²) < 4.78 is 212. The fourth-order valence-electron chi connectivity index (χ4n) is 26.6. The largest absolute Gasteiger partial charge is 0.743 e. The maximum atomic E-state index is 12.8. The van der Waals surface area contributed by atoms with Gasteiger partial charge in [-0.1, -0.05) is 113 Å². The lowest BCUT2D eigenvalue weighted by molar-refractivity contribution is -0.327. The summed E-state index contributed by atoms with van der Waals surface area (Å²) in [4.78, 5) is 57.6. The number of alkyl halides is 8. The highest BCUT2D eigenvalue weighted by Gasteiger charge is 2.85. The minimum atomic E-state index is -7.68. The maximum absolute atomic E-state index is 12.8. The summed E-state index contributed by atoms with van der Waals surface area (Å²) in [6, 6.07) is 54.3. The molecular formula is C96H110F8O18S4. The normalized spacial score (nSPS) is 33.2. The number of rotatable bonds is 27. The van der Waals surface area contributed by atoms with E-state index in [9.17, 15) is 80.2 Å². The summed E-state index contributed by atoms with van der Waals surface area (Å²) in [5.74, 6) is -3.97. The molecule has 0 saturated heterocycles. The molecule has 30 heteroatoms. The van der Waals surface area contributed by atoms with E-state index >= 15 is 0 Å². The van der Waals surface area contributed by atoms with E-state index < -0.39 is 89.5 Å². The summed E-state index contributed by atoms with van der Waals surface area (Å²) in [5, 5.41) is -14.6. The Morgan fingerprint density at radius 3 is 0.683 bits per heavy atom. The van der Waals surface area contributed by atoms with Crippen molar-refractivity contribution in [1.29, 1.82) is 0 Å². The van der Waals surface area contributed by atoms with Gasteiger partial charge in [0.05, 0.1) is 0 Å². The molecule has 0 N–H and O–H groups in total. The smallest absolute Gasteiger partial charge is 0.402 e. The molecule has 0 spiro atoms. The molecule has 0 radical (unpaired) electrons. The van der Waals surface area contributed by atoms with Crippen molar-refractivity contribution in [2.75, 3.05) is 0 Å². The van der Waals surface area contributed by atoms with Crippen LogP contribution >= 0.6 is 0 Å². The second kappa shape index (κ2) is 34.6. The minimum Gasteiger partial charge on any atom is -0.743 e. The van der Waals surface area contributed by atoms with E-state index in [2.05, 4.69) is 125 Å². The molecule has 16 aliphatic carbocycles. The van der Waals surface area contributed by atoms with Gasteiger partial charge in [0.2, 0.25) is 44.7 Å². The minimum absolute atomic E-state index is 0.203. The molecule has 0 aliphatic heterocycles. The fraction of sp³-hybridized carbons (Fsp3) is 0.583. The maximum Gasteiger partial charge on any atom is 0.402 e. The van der Waals surface area contributed by atoms with Crippen LogP contribution in [-0.4, -0.2) is 97.3 Å². The van der Waals surface area contributed by atoms with E-state index in [1.165, 1.54) is 105 Å². The number of esters is 4. The first-order chi connectivity index (χ1) is 59.5. The van der Waals surface area contributed by atoms with Crippen LogP contribution in [0.3, 0.4) is 0 Å². The van der Waals surface area contributed by atoms with Crippen LogP contribution in [0.25, 0.3) is 0 Å². The number of carbonyl (C=O) groups is 4. The SMILES string of the molecule is CC(=O)OC(Oc1ccccc1[S+](c1ccccc1)c1ccccc1OC(OC(C)=O)C12CC3CC(CC(C3)C1C)C2)C12CC3CC(CC(C3)C1C)C2.CC(=O)OC(Oc1ccccc1[S+](c1ccccc1)c1ccccc1OC(OC(C)=O)C12CC3CC(CC(C3)C1C)C2)C12CC3CC(CC(C3)C1C)C2.O=S(=O)([O-])C(F)(F)C(F)(F)C(F)(F)C(F)(F)S(=O)(=O)[O-]. The number of hydrogen-bond donors (Lipinski definition) is 0. The van der Waals surface area contributed by atoms with Crippen molar-refractivity contribution in [3.05, 3.63) is 158 Å². The highest BCUT2D eigenvalue weighted by atomic mass is 32.2. The van der Waals surface area contributed by atoms with E-state index in [1.807, 2.05) is 60.7 Å². The Bertz CT molecular complexity index is 4660. The number of benzene rings is 6. The first-order valence-electron chi connectivity index (χ1n) is 44.2. The molecule has 16 fully saturated rings. The van der Waals surface area contributed by atoms with Gasteiger partial charge in [0, 0.05) is 49.4 Å². The molecule has 22 rings (SSSR count). The highest BCUT2D eigenvalue weighted by molar-refractivity contribution is 7.97. The Kier molecular flexibility index (Phi) is 25.2. The lowest BCUT2D eigenvalue weighted by Gasteiger charge is -2.61. The number of carbonyl (C=O) groups excluding carboxylic acids is 4. The molecule has 18 nitrogen and oxygen atoms in total. The number of halogens is 8. The van der Waals surface area contributed by atoms with Gasteiger partial charge in [0.1, 0.15) is 21.8 Å². The van der Waals surface area contributed by atoms with Gasteiger partial charge in [-0.25, -0.2) is 16.8 Å². The van der Waals surface area contributed by atoms with Crippen molar-refractivity contribution >= 4 is 65.9 Å². The molecule has 126 heavy (non-hydrogen) atoms. The molecule has 16 aliphatic rings. The van der Waals surface area contributed by atoms with E-state index in [4.69, 9.17) is 37.9 Å². The fourth-order valence-corrected chi connectivity index (χ4v) is 31.9. The van der Waals surface area contributed by atoms with E-state index in [1.54, 1.807) is 0 Å². The topological polar surface area (TPSA) is 257 Å². The van der Waals surface area contributed by atoms with E-state index in [0.717, 1.165) is 104 Å². The lowest BCUT2D eigenvalue weighted by Crippen LogP contribution is -2.66. The second-order valence-electron chi connectivity index (χ2n) is 38.9. The number of ether oxygens (including phenoxy) is 8. The zero-order chi connectivity index (χ0) is 90.0. The van der Waals surface area contributed by atoms with Crippen molar-refractivity contribution < 1.29 is 118 Å². The molecule has 6 aromatic carbocycles. The zero-order valence-corrected chi connectivity index (χ0v) is 75.0. The van der Waals surface area contributed by atoms with Gasteiger partial charge >= 0.3 is 46.2 Å². The Hall–Kier alpha value is -7.64. The molecule has 6 aromatic rings. The van der Waals surface area contributed by atoms with Crippen molar-refractivity contribution in [3.63, 3.8) is 0 Å². The zero-order valence-electron chi connectivity index (χ0n) is 71.7. The van der Waals surface area contributed by atoms with Crippen LogP contribution in [-0.2, 0) is 80.2 Å². The number of hydrogen-bond acceptors (Lipinski definition) is 18. The highest BCUT2D eigenvalue weighted by Crippen LogP contribution is 2.70. The van der Waals surface area contributed by atoms with Gasteiger partial charge in [-0.2, -0.15) is 35.1 Å². The van der Waals surface area contributed by atoms with E-state index in [0.29, 0.717) is 94.7 Å². The summed E-state index contributed by atoms with van der Waals surface area (Å²) in [5.41, 5.74) is -0.811. The third kappa shape index (κ3) is 16.6. The summed E-state index contributed by atoms with van der Waals surface area (Å²) >= 11 is 0. The van der Waals surface area contributed by atoms with Crippen molar-refractivity contribution in [2.45, 2.75) is 261 Å². The second-order valence-corrected chi connectivity index (χ2v) is 45.6. The quantitative estimate of drug-likeness (QED) is 0.0116. The van der Waals surface area contributed by atoms with Crippen LogP contribution in [0.1, 0.15) is 184 Å². The summed E-state index contributed by atoms with van der Waals surface area (Å²) in [6.07, 6.45) is 21.1. The average molecular weight is 1830 g/mol. The third-order valence-corrected chi connectivity index (χ3v) is 37.8. The molecule has 16 saturated carbocycles. The molecule has 682 valence electrons. The van der Waals surface area contributed by atoms with Crippen LogP contribution in [0, 0.1) is 116 Å². The van der Waals surface area contributed by atoms with Gasteiger partial charge in [-0.3, -0.25) is 19.2 Å². The number of para-hydroxylation sites is 4. The van der Waals surface area contributed by atoms with Gasteiger partial charge in [-0.05, 0) is 296 Å². The molecule has 0 aromatic heterocycles. The molecule has 16 unspecified atom stereocenters. The van der Waals surface area contributed by atoms with Crippen LogP contribution in [0.5, 0.6) is 23.0 Å². The van der Waals surface area contributed by atoms with Gasteiger partial charge in [-0.15, -0.1) is 0 Å². The standard InChI is InChI=1S/2C46H55O6S.C4H2F8O6S2/c2*1-28-36-20-32-18-33(21-36)25-45(28,24-32)43(49-30(3)47)51-39-14-8-10-16-41(39)53(38-12-6-5-7-13-38)42-17-11-9-15-40(42)52-44(50-31(4)48)46-26-34-19-35(27-46)23-37(22-34)29(46)2;5-1(6,3(9,10)19(13,14)15)2(7,8)4(11,12)20(16,17)18/h2*5-17,28-29,32-37,43-44H,18-27H2,1-4H3;(H,13,14,15)(H,16,17,18)/q2*+1;/p-2. The Balaban J connectivity index is 0.000000153. The molecular weight excluding hydrogens is 1720 g/mol. The first kappa shape index (κ1) is 91.7. The summed E-state index contributed by atoms with van der Waals surface area (Å²) in [6.45, 7) is 15.6. The van der Waals surface area contributed by atoms with Crippen LogP contribution < -0.4 is 18.9 Å². The van der Waals surface area contributed by atoms with E-state index in [-0.39, 0.29) is 45.5 Å². The van der Waals surface area contributed by atoms with Crippen LogP contribution in [0.4, 0.5) is 35.1 Å². The van der Waals surface area contributed by atoms with Crippen LogP contribution in [0.15, 0.2) is 187 Å². The first-order valence-corrected chi connectivity index (χ1v) is 49.5.